The number of carbonyl (C=O) groups is 3. The van der Waals surface area contributed by atoms with Gasteiger partial charge in [0.15, 0.2) is 24.0 Å². The Balaban J connectivity index is 1.75. The van der Waals surface area contributed by atoms with Crippen LogP contribution in [-0.2, 0) is 33.3 Å². The van der Waals surface area contributed by atoms with E-state index in [1.54, 1.807) is 0 Å². The van der Waals surface area contributed by atoms with Gasteiger partial charge < -0.3 is 29.1 Å². The van der Waals surface area contributed by atoms with Crippen molar-refractivity contribution in [2.45, 2.75) is 77.0 Å². The molecule has 2 aromatic heterocycles. The number of hydrogen-bond donors (Lipinski definition) is 1. The average Bonchev–Trinajstić information content (AvgIpc) is 3.52. The van der Waals surface area contributed by atoms with Crippen LogP contribution in [-0.4, -0.2) is 68.4 Å². The summed E-state index contributed by atoms with van der Waals surface area (Å²) < 4.78 is 23.6. The Labute approximate surface area is 200 Å². The minimum absolute atomic E-state index is 0.0882. The molecule has 2 aliphatic rings. The maximum Gasteiger partial charge on any atom is 0.375 e. The van der Waals surface area contributed by atoms with Gasteiger partial charge in [0.1, 0.15) is 19.0 Å². The largest absolute Gasteiger partial charge is 0.463 e. The van der Waals surface area contributed by atoms with Gasteiger partial charge in [0.05, 0.1) is 0 Å². The molecule has 2 fully saturated rings. The molecule has 1 saturated heterocycles. The van der Waals surface area contributed by atoms with Gasteiger partial charge in [-0.15, -0.1) is 16.5 Å². The summed E-state index contributed by atoms with van der Waals surface area (Å²) in [4.78, 5) is 51.6. The minimum Gasteiger partial charge on any atom is -0.463 e. The molecule has 0 aromatic carbocycles. The summed E-state index contributed by atoms with van der Waals surface area (Å²) in [6.45, 7) is 10.9. The number of anilines is 1. The van der Waals surface area contributed by atoms with Gasteiger partial charge in [-0.2, -0.15) is 0 Å². The highest BCUT2D eigenvalue weighted by Gasteiger charge is 2.51. The van der Waals surface area contributed by atoms with E-state index in [0.717, 1.165) is 25.7 Å². The number of aromatic nitrogens is 4. The standard InChI is InChI=1S/C22H26N6O7/c1-11(29)32-9-15-17(33-12(2)30)18(34-13(3)31)21(35-15)28-10-24-16-19(25-14-7-5-6-8-14)26-22(23-4)27-20(16)28/h10,14-15,17-18,21H,5-9H2,1-3H3,(H,25,26,27)/t15-,17-,18+,21-/m1/s1. The van der Waals surface area contributed by atoms with E-state index in [1.165, 1.54) is 31.7 Å². The van der Waals surface area contributed by atoms with Crippen LogP contribution in [0.4, 0.5) is 11.8 Å². The third-order valence-electron chi connectivity index (χ3n) is 5.82. The van der Waals surface area contributed by atoms with E-state index >= 15 is 0 Å². The zero-order chi connectivity index (χ0) is 25.1. The van der Waals surface area contributed by atoms with Crippen molar-refractivity contribution in [1.82, 2.24) is 19.5 Å². The van der Waals surface area contributed by atoms with Crippen molar-refractivity contribution in [2.75, 3.05) is 11.9 Å². The van der Waals surface area contributed by atoms with Crippen molar-refractivity contribution in [3.05, 3.63) is 17.7 Å². The lowest BCUT2D eigenvalue weighted by atomic mass is 10.1. The topological polar surface area (TPSA) is 148 Å². The summed E-state index contributed by atoms with van der Waals surface area (Å²) >= 11 is 0. The molecule has 1 aliphatic carbocycles. The van der Waals surface area contributed by atoms with Crippen LogP contribution < -0.4 is 5.32 Å². The van der Waals surface area contributed by atoms with Crippen LogP contribution in [0.15, 0.2) is 6.33 Å². The summed E-state index contributed by atoms with van der Waals surface area (Å²) in [5.74, 6) is -1.46. The van der Waals surface area contributed by atoms with Crippen LogP contribution in [0.1, 0.15) is 52.7 Å². The van der Waals surface area contributed by atoms with Crippen LogP contribution in [0.3, 0.4) is 0 Å². The molecule has 4 atom stereocenters. The zero-order valence-electron chi connectivity index (χ0n) is 19.6. The molecule has 13 nitrogen and oxygen atoms in total. The quantitative estimate of drug-likeness (QED) is 0.348. The van der Waals surface area contributed by atoms with Crippen LogP contribution in [0.2, 0.25) is 0 Å². The van der Waals surface area contributed by atoms with Gasteiger partial charge in [0.2, 0.25) is 11.5 Å². The molecular formula is C22H26N6O7. The third-order valence-corrected chi connectivity index (χ3v) is 5.82. The number of imidazole rings is 1. The molecule has 0 bridgehead atoms. The fraction of sp³-hybridized carbons (Fsp3) is 0.591. The summed E-state index contributed by atoms with van der Waals surface area (Å²) in [5, 5.41) is 3.36. The summed E-state index contributed by atoms with van der Waals surface area (Å²) in [7, 11) is 0. The van der Waals surface area contributed by atoms with Crippen molar-refractivity contribution >= 4 is 40.8 Å². The fourth-order valence-corrected chi connectivity index (χ4v) is 4.42. The van der Waals surface area contributed by atoms with E-state index < -0.39 is 42.4 Å². The molecule has 186 valence electrons. The number of nitrogens with one attached hydrogen (secondary N) is 1. The van der Waals surface area contributed by atoms with E-state index in [4.69, 9.17) is 25.5 Å². The lowest BCUT2D eigenvalue weighted by Crippen LogP contribution is -2.40. The lowest BCUT2D eigenvalue weighted by molar-refractivity contribution is -0.166. The van der Waals surface area contributed by atoms with Gasteiger partial charge in [-0.3, -0.25) is 19.0 Å². The summed E-state index contributed by atoms with van der Waals surface area (Å²) in [6, 6.07) is 0.217. The number of rotatable bonds is 7. The summed E-state index contributed by atoms with van der Waals surface area (Å²) in [5.41, 5.74) is 0.699. The van der Waals surface area contributed by atoms with Crippen molar-refractivity contribution in [3.63, 3.8) is 0 Å². The monoisotopic (exact) mass is 486 g/mol. The second kappa shape index (κ2) is 10.2. The number of carbonyl (C=O) groups excluding carboxylic acids is 3. The van der Waals surface area contributed by atoms with Crippen LogP contribution in [0.25, 0.3) is 16.0 Å². The maximum atomic E-state index is 11.9. The Hall–Kier alpha value is -3.79. The molecule has 0 radical (unpaired) electrons. The predicted molar refractivity (Wildman–Crippen MR) is 119 cm³/mol. The highest BCUT2D eigenvalue weighted by Crippen LogP contribution is 2.37. The minimum atomic E-state index is -1.09. The molecule has 1 aliphatic heterocycles. The molecule has 1 saturated carbocycles. The SMILES string of the molecule is [C-]#[N+]c1nc(NC2CCCC2)c2ncn([C@@H]3O[C@H](COC(C)=O)[C@@H](OC(C)=O)[C@@H]3OC(C)=O)c2n1. The Morgan fingerprint density at radius 3 is 2.43 bits per heavy atom. The number of ether oxygens (including phenoxy) is 4. The second-order valence-electron chi connectivity index (χ2n) is 8.45. The molecule has 4 rings (SSSR count). The molecule has 0 amide bonds. The van der Waals surface area contributed by atoms with Gasteiger partial charge in [-0.1, -0.05) is 12.8 Å². The Morgan fingerprint density at radius 1 is 1.11 bits per heavy atom. The number of nitrogens with zero attached hydrogens (tertiary/aromatic N) is 5. The molecule has 2 aromatic rings. The van der Waals surface area contributed by atoms with Crippen LogP contribution >= 0.6 is 0 Å². The van der Waals surface area contributed by atoms with Gasteiger partial charge in [-0.05, 0) is 12.8 Å². The van der Waals surface area contributed by atoms with Crippen LogP contribution in [0, 0.1) is 6.57 Å². The Bertz CT molecular complexity index is 1170. The molecule has 3 heterocycles. The van der Waals surface area contributed by atoms with Crippen LogP contribution in [0.5, 0.6) is 0 Å². The maximum absolute atomic E-state index is 11.9. The van der Waals surface area contributed by atoms with E-state index in [1.807, 2.05) is 0 Å². The molecule has 0 spiro atoms. The molecular weight excluding hydrogens is 460 g/mol. The first-order valence-electron chi connectivity index (χ1n) is 11.3. The van der Waals surface area contributed by atoms with Gasteiger partial charge in [0.25, 0.3) is 0 Å². The van der Waals surface area contributed by atoms with Gasteiger partial charge in [-0.25, -0.2) is 4.98 Å². The molecule has 0 unspecified atom stereocenters. The van der Waals surface area contributed by atoms with Crippen molar-refractivity contribution < 1.29 is 33.3 Å². The predicted octanol–water partition coefficient (Wildman–Crippen LogP) is 2.06. The third kappa shape index (κ3) is 5.32. The first kappa shape index (κ1) is 24.3. The summed E-state index contributed by atoms with van der Waals surface area (Å²) in [6.07, 6.45) is 1.53. The van der Waals surface area contributed by atoms with Crippen molar-refractivity contribution in [3.8, 4) is 0 Å². The van der Waals surface area contributed by atoms with Gasteiger partial charge in [0, 0.05) is 26.8 Å². The fourth-order valence-electron chi connectivity index (χ4n) is 4.42. The van der Waals surface area contributed by atoms with E-state index in [0.29, 0.717) is 11.3 Å². The van der Waals surface area contributed by atoms with Gasteiger partial charge >= 0.3 is 23.9 Å². The van der Waals surface area contributed by atoms with E-state index in [-0.39, 0.29) is 24.2 Å². The van der Waals surface area contributed by atoms with E-state index in [2.05, 4.69) is 25.1 Å². The molecule has 1 N–H and O–H groups in total. The highest BCUT2D eigenvalue weighted by atomic mass is 16.7. The normalized spacial score (nSPS) is 24.2. The zero-order valence-corrected chi connectivity index (χ0v) is 19.6. The molecule has 35 heavy (non-hydrogen) atoms. The smallest absolute Gasteiger partial charge is 0.375 e. The number of hydrogen-bond acceptors (Lipinski definition) is 11. The first-order chi connectivity index (χ1) is 16.8. The first-order valence-corrected chi connectivity index (χ1v) is 11.3. The molecule has 13 heteroatoms. The highest BCUT2D eigenvalue weighted by molar-refractivity contribution is 5.84. The van der Waals surface area contributed by atoms with Crippen molar-refractivity contribution in [2.24, 2.45) is 0 Å². The Morgan fingerprint density at radius 2 is 1.80 bits per heavy atom. The Kier molecular flexibility index (Phi) is 7.11. The second-order valence-corrected chi connectivity index (χ2v) is 8.45. The van der Waals surface area contributed by atoms with E-state index in [9.17, 15) is 14.4 Å². The number of esters is 3. The van der Waals surface area contributed by atoms with Crippen molar-refractivity contribution in [1.29, 1.82) is 0 Å². The number of fused-ring (bicyclic) bond motifs is 1. The average molecular weight is 486 g/mol. The lowest BCUT2D eigenvalue weighted by Gasteiger charge is -2.23.